The molecule has 0 spiro atoms. The smallest absolute Gasteiger partial charge is 0.267 e. The number of hydrogen-bond donors (Lipinski definition) is 0. The van der Waals surface area contributed by atoms with E-state index in [1.54, 1.807) is 18.2 Å². The molecule has 0 N–H and O–H groups in total. The second-order valence-corrected chi connectivity index (χ2v) is 4.34. The lowest BCUT2D eigenvalue weighted by molar-refractivity contribution is 0.730. The summed E-state index contributed by atoms with van der Waals surface area (Å²) in [6.07, 6.45) is 2.94. The Labute approximate surface area is 106 Å². The molecule has 0 aliphatic carbocycles. The van der Waals surface area contributed by atoms with Crippen LogP contribution in [0.25, 0.3) is 0 Å². The van der Waals surface area contributed by atoms with Gasteiger partial charge in [0, 0.05) is 6.20 Å². The van der Waals surface area contributed by atoms with Crippen molar-refractivity contribution >= 4 is 15.9 Å². The fourth-order valence-electron chi connectivity index (χ4n) is 1.47. The summed E-state index contributed by atoms with van der Waals surface area (Å²) in [5, 5.41) is 8.79. The molecular weight excluding hydrogens is 282 g/mol. The molecule has 0 aliphatic heterocycles. The molecule has 0 aliphatic rings. The van der Waals surface area contributed by atoms with Gasteiger partial charge in [0.25, 0.3) is 5.56 Å². The van der Waals surface area contributed by atoms with Crippen LogP contribution in [0.3, 0.4) is 0 Å². The minimum absolute atomic E-state index is 0.137. The summed E-state index contributed by atoms with van der Waals surface area (Å²) < 4.78 is 1.91. The Morgan fingerprint density at radius 1 is 1.47 bits per heavy atom. The molecular formula is C12H8BrN3O. The van der Waals surface area contributed by atoms with Gasteiger partial charge in [0.1, 0.15) is 4.47 Å². The summed E-state index contributed by atoms with van der Waals surface area (Å²) in [6, 6.07) is 9.22. The lowest BCUT2D eigenvalue weighted by Crippen LogP contribution is -2.21. The Hall–Kier alpha value is -1.93. The van der Waals surface area contributed by atoms with E-state index in [0.29, 0.717) is 16.6 Å². The van der Waals surface area contributed by atoms with Gasteiger partial charge in [-0.15, -0.1) is 0 Å². The Bertz CT molecular complexity index is 643. The minimum Gasteiger partial charge on any atom is -0.294 e. The maximum atomic E-state index is 11.7. The number of hydrogen-bond acceptors (Lipinski definition) is 3. The van der Waals surface area contributed by atoms with E-state index in [0.717, 1.165) is 5.56 Å². The average Bonchev–Trinajstić information content (AvgIpc) is 2.35. The van der Waals surface area contributed by atoms with E-state index in [4.69, 9.17) is 5.26 Å². The van der Waals surface area contributed by atoms with Crippen molar-refractivity contribution < 1.29 is 0 Å². The molecule has 2 aromatic rings. The average molecular weight is 290 g/mol. The summed E-state index contributed by atoms with van der Waals surface area (Å²) in [7, 11) is 0. The van der Waals surface area contributed by atoms with Crippen LogP contribution >= 0.6 is 15.9 Å². The lowest BCUT2D eigenvalue weighted by atomic mass is 10.1. The quantitative estimate of drug-likeness (QED) is 0.849. The van der Waals surface area contributed by atoms with Crippen LogP contribution in [0.2, 0.25) is 0 Å². The first kappa shape index (κ1) is 11.6. The van der Waals surface area contributed by atoms with Crippen molar-refractivity contribution in [3.63, 3.8) is 0 Å². The fourth-order valence-corrected chi connectivity index (χ4v) is 1.82. The van der Waals surface area contributed by atoms with E-state index < -0.39 is 0 Å². The first-order chi connectivity index (χ1) is 8.20. The molecule has 1 aromatic carbocycles. The van der Waals surface area contributed by atoms with Gasteiger partial charge in [0.15, 0.2) is 0 Å². The Balaban J connectivity index is 2.35. The molecule has 17 heavy (non-hydrogen) atoms. The summed E-state index contributed by atoms with van der Waals surface area (Å²) in [4.78, 5) is 15.7. The molecule has 1 heterocycles. The van der Waals surface area contributed by atoms with Gasteiger partial charge in [0.2, 0.25) is 0 Å². The first-order valence-electron chi connectivity index (χ1n) is 4.89. The largest absolute Gasteiger partial charge is 0.294 e. The SMILES string of the molecule is N#Cc1cccc(Cn2cncc(Br)c2=O)c1. The van der Waals surface area contributed by atoms with Crippen LogP contribution in [-0.2, 0) is 6.54 Å². The maximum Gasteiger partial charge on any atom is 0.267 e. The summed E-state index contributed by atoms with van der Waals surface area (Å²) in [5.41, 5.74) is 1.34. The van der Waals surface area contributed by atoms with E-state index in [-0.39, 0.29) is 5.56 Å². The lowest BCUT2D eigenvalue weighted by Gasteiger charge is -2.05. The number of rotatable bonds is 2. The van der Waals surface area contributed by atoms with Crippen molar-refractivity contribution in [1.29, 1.82) is 5.26 Å². The van der Waals surface area contributed by atoms with E-state index >= 15 is 0 Å². The van der Waals surface area contributed by atoms with E-state index in [2.05, 4.69) is 27.0 Å². The highest BCUT2D eigenvalue weighted by atomic mass is 79.9. The van der Waals surface area contributed by atoms with Crippen LogP contribution in [0.5, 0.6) is 0 Å². The zero-order valence-corrected chi connectivity index (χ0v) is 10.4. The van der Waals surface area contributed by atoms with Gasteiger partial charge in [0.05, 0.1) is 24.5 Å². The number of nitrogens with zero attached hydrogens (tertiary/aromatic N) is 3. The molecule has 0 radical (unpaired) electrons. The van der Waals surface area contributed by atoms with Crippen LogP contribution in [0.4, 0.5) is 0 Å². The summed E-state index contributed by atoms with van der Waals surface area (Å²) >= 11 is 3.14. The van der Waals surface area contributed by atoms with Crippen LogP contribution < -0.4 is 5.56 Å². The zero-order valence-electron chi connectivity index (χ0n) is 8.80. The molecule has 0 saturated heterocycles. The Morgan fingerprint density at radius 2 is 2.29 bits per heavy atom. The number of nitriles is 1. The van der Waals surface area contributed by atoms with E-state index in [1.807, 2.05) is 6.07 Å². The van der Waals surface area contributed by atoms with Crippen LogP contribution in [0.15, 0.2) is 46.1 Å². The molecule has 0 amide bonds. The number of halogens is 1. The van der Waals surface area contributed by atoms with Crippen molar-refractivity contribution in [3.8, 4) is 6.07 Å². The summed E-state index contributed by atoms with van der Waals surface area (Å²) in [5.74, 6) is 0. The zero-order chi connectivity index (χ0) is 12.3. The number of aromatic nitrogens is 2. The van der Waals surface area contributed by atoms with Crippen LogP contribution in [0, 0.1) is 11.3 Å². The normalized spacial score (nSPS) is 9.88. The Morgan fingerprint density at radius 3 is 3.06 bits per heavy atom. The second-order valence-electron chi connectivity index (χ2n) is 3.49. The maximum absolute atomic E-state index is 11.7. The molecule has 84 valence electrons. The van der Waals surface area contributed by atoms with E-state index in [9.17, 15) is 4.79 Å². The van der Waals surface area contributed by atoms with Gasteiger partial charge >= 0.3 is 0 Å². The highest BCUT2D eigenvalue weighted by molar-refractivity contribution is 9.10. The molecule has 1 aromatic heterocycles. The van der Waals surface area contributed by atoms with Crippen molar-refractivity contribution in [3.05, 3.63) is 62.7 Å². The molecule has 0 saturated carbocycles. The van der Waals surface area contributed by atoms with E-state index in [1.165, 1.54) is 17.1 Å². The molecule has 0 atom stereocenters. The minimum atomic E-state index is -0.137. The third-order valence-corrected chi connectivity index (χ3v) is 2.81. The van der Waals surface area contributed by atoms with Gasteiger partial charge in [-0.1, -0.05) is 12.1 Å². The van der Waals surface area contributed by atoms with Crippen molar-refractivity contribution in [2.75, 3.05) is 0 Å². The van der Waals surface area contributed by atoms with Crippen LogP contribution in [-0.4, -0.2) is 9.55 Å². The first-order valence-corrected chi connectivity index (χ1v) is 5.69. The molecule has 0 fully saturated rings. The van der Waals surface area contributed by atoms with Crippen molar-refractivity contribution in [1.82, 2.24) is 9.55 Å². The molecule has 0 bridgehead atoms. The number of benzene rings is 1. The van der Waals surface area contributed by atoms with Gasteiger partial charge < -0.3 is 0 Å². The fraction of sp³-hybridized carbons (Fsp3) is 0.0833. The van der Waals surface area contributed by atoms with Gasteiger partial charge in [-0.2, -0.15) is 5.26 Å². The molecule has 5 heteroatoms. The highest BCUT2D eigenvalue weighted by Crippen LogP contribution is 2.06. The van der Waals surface area contributed by atoms with Crippen molar-refractivity contribution in [2.45, 2.75) is 6.54 Å². The predicted octanol–water partition coefficient (Wildman–Crippen LogP) is 1.93. The molecule has 2 rings (SSSR count). The third kappa shape index (κ3) is 2.60. The van der Waals surface area contributed by atoms with Gasteiger partial charge in [-0.05, 0) is 33.6 Å². The Kier molecular flexibility index (Phi) is 3.35. The predicted molar refractivity (Wildman–Crippen MR) is 66.5 cm³/mol. The van der Waals surface area contributed by atoms with Crippen molar-refractivity contribution in [2.24, 2.45) is 0 Å². The third-order valence-electron chi connectivity index (χ3n) is 2.27. The van der Waals surface area contributed by atoms with Crippen LogP contribution in [0.1, 0.15) is 11.1 Å². The molecule has 4 nitrogen and oxygen atoms in total. The molecule has 0 unspecified atom stereocenters. The second kappa shape index (κ2) is 4.93. The standard InChI is InChI=1S/C12H8BrN3O/c13-11-6-15-8-16(12(11)17)7-10-3-1-2-9(4-10)5-14/h1-4,6,8H,7H2. The monoisotopic (exact) mass is 289 g/mol. The highest BCUT2D eigenvalue weighted by Gasteiger charge is 2.02. The van der Waals surface area contributed by atoms with Gasteiger partial charge in [-0.3, -0.25) is 9.36 Å². The van der Waals surface area contributed by atoms with Gasteiger partial charge in [-0.25, -0.2) is 4.98 Å². The topological polar surface area (TPSA) is 58.7 Å². The summed E-state index contributed by atoms with van der Waals surface area (Å²) in [6.45, 7) is 0.404.